The number of rotatable bonds is 2. The fourth-order valence-electron chi connectivity index (χ4n) is 0.941. The van der Waals surface area contributed by atoms with E-state index in [-0.39, 0.29) is 11.7 Å². The Hall–Kier alpha value is -2.09. The number of hydrogen-bond donors (Lipinski definition) is 2. The third-order valence-electron chi connectivity index (χ3n) is 1.56. The van der Waals surface area contributed by atoms with E-state index in [2.05, 4.69) is 25.1 Å². The van der Waals surface area contributed by atoms with Crippen molar-refractivity contribution in [2.45, 2.75) is 0 Å². The lowest BCUT2D eigenvalue weighted by molar-refractivity contribution is 0.102. The molecule has 0 saturated carbocycles. The van der Waals surface area contributed by atoms with Crippen LogP contribution in [0.3, 0.4) is 0 Å². The summed E-state index contributed by atoms with van der Waals surface area (Å²) in [7, 11) is 0. The molecule has 0 aliphatic carbocycles. The summed E-state index contributed by atoms with van der Waals surface area (Å²) in [6.45, 7) is 0. The first-order chi connectivity index (χ1) is 7.25. The molecule has 0 atom stereocenters. The van der Waals surface area contributed by atoms with E-state index in [1.807, 2.05) is 0 Å². The SMILES string of the molecule is Nc1cc(C(=O)Nc2nnns2)ccn1. The van der Waals surface area contributed by atoms with Crippen LogP contribution in [0.15, 0.2) is 18.3 Å². The summed E-state index contributed by atoms with van der Waals surface area (Å²) in [5.41, 5.74) is 5.86. The molecule has 0 aromatic carbocycles. The molecule has 0 saturated heterocycles. The van der Waals surface area contributed by atoms with E-state index >= 15 is 0 Å². The minimum absolute atomic E-state index is 0.290. The van der Waals surface area contributed by atoms with Crippen LogP contribution in [0, 0.1) is 0 Å². The molecule has 2 aromatic heterocycles. The number of nitrogens with one attached hydrogen (secondary N) is 1. The van der Waals surface area contributed by atoms with Crippen molar-refractivity contribution in [2.75, 3.05) is 11.1 Å². The Bertz CT molecular complexity index is 470. The molecule has 0 radical (unpaired) electrons. The second-order valence-corrected chi connectivity index (χ2v) is 3.32. The van der Waals surface area contributed by atoms with Gasteiger partial charge in [0.25, 0.3) is 5.91 Å². The molecule has 0 fully saturated rings. The Balaban J connectivity index is 2.15. The molecule has 0 bridgehead atoms. The minimum atomic E-state index is -0.317. The van der Waals surface area contributed by atoms with Crippen molar-refractivity contribution >= 4 is 28.4 Å². The third kappa shape index (κ3) is 2.23. The van der Waals surface area contributed by atoms with Gasteiger partial charge >= 0.3 is 0 Å². The molecule has 76 valence electrons. The van der Waals surface area contributed by atoms with E-state index in [1.165, 1.54) is 12.3 Å². The van der Waals surface area contributed by atoms with Crippen molar-refractivity contribution in [2.24, 2.45) is 0 Å². The topological polar surface area (TPSA) is 107 Å². The molecule has 0 aliphatic rings. The van der Waals surface area contributed by atoms with E-state index in [0.717, 1.165) is 11.5 Å². The maximum absolute atomic E-state index is 11.6. The van der Waals surface area contributed by atoms with E-state index in [1.54, 1.807) is 6.07 Å². The number of nitrogens with two attached hydrogens (primary N) is 1. The van der Waals surface area contributed by atoms with Crippen LogP contribution in [0.4, 0.5) is 10.9 Å². The maximum Gasteiger partial charge on any atom is 0.257 e. The molecule has 0 aliphatic heterocycles. The van der Waals surface area contributed by atoms with Gasteiger partial charge in [-0.05, 0) is 17.3 Å². The number of carbonyl (C=O) groups is 1. The summed E-state index contributed by atoms with van der Waals surface area (Å²) < 4.78 is 3.52. The smallest absolute Gasteiger partial charge is 0.257 e. The Labute approximate surface area is 88.5 Å². The van der Waals surface area contributed by atoms with Crippen LogP contribution in [0.2, 0.25) is 0 Å². The number of anilines is 2. The molecule has 0 spiro atoms. The zero-order valence-electron chi connectivity index (χ0n) is 7.41. The molecule has 7 nitrogen and oxygen atoms in total. The average molecular weight is 222 g/mol. The van der Waals surface area contributed by atoms with Gasteiger partial charge in [0.2, 0.25) is 5.13 Å². The number of nitrogen functional groups attached to an aromatic ring is 1. The Morgan fingerprint density at radius 3 is 3.07 bits per heavy atom. The predicted octanol–water partition coefficient (Wildman–Crippen LogP) is 0.163. The monoisotopic (exact) mass is 222 g/mol. The molecule has 3 N–H and O–H groups in total. The van der Waals surface area contributed by atoms with Gasteiger partial charge in [0.1, 0.15) is 5.82 Å². The van der Waals surface area contributed by atoms with Crippen molar-refractivity contribution in [3.8, 4) is 0 Å². The predicted molar refractivity (Wildman–Crippen MR) is 54.3 cm³/mol. The molecule has 15 heavy (non-hydrogen) atoms. The number of amides is 1. The summed E-state index contributed by atoms with van der Waals surface area (Å²) in [5.74, 6) is -0.0271. The van der Waals surface area contributed by atoms with Crippen molar-refractivity contribution in [3.05, 3.63) is 23.9 Å². The largest absolute Gasteiger partial charge is 0.384 e. The number of aromatic nitrogens is 4. The molecule has 2 aromatic rings. The molecular weight excluding hydrogens is 216 g/mol. The number of nitrogens with zero attached hydrogens (tertiary/aromatic N) is 4. The first-order valence-corrected chi connectivity index (χ1v) is 4.71. The fourth-order valence-corrected chi connectivity index (χ4v) is 1.30. The zero-order chi connectivity index (χ0) is 10.7. The lowest BCUT2D eigenvalue weighted by Crippen LogP contribution is -2.12. The van der Waals surface area contributed by atoms with Gasteiger partial charge in [-0.25, -0.2) is 4.98 Å². The standard InChI is InChI=1S/C7H6N6OS/c8-5-3-4(1-2-9-5)6(14)10-7-11-12-13-15-7/h1-3H,(H2,8,9)(H,10,11,13,14). The van der Waals surface area contributed by atoms with Gasteiger partial charge in [0, 0.05) is 23.3 Å². The van der Waals surface area contributed by atoms with Gasteiger partial charge in [-0.15, -0.1) is 0 Å². The summed E-state index contributed by atoms with van der Waals surface area (Å²) in [5, 5.41) is 9.80. The van der Waals surface area contributed by atoms with Crippen LogP contribution in [0.5, 0.6) is 0 Å². The average Bonchev–Trinajstić information content (AvgIpc) is 2.70. The van der Waals surface area contributed by atoms with Gasteiger partial charge in [-0.3, -0.25) is 10.1 Å². The highest BCUT2D eigenvalue weighted by molar-refractivity contribution is 7.09. The summed E-state index contributed by atoms with van der Waals surface area (Å²) in [6, 6.07) is 3.03. The zero-order valence-corrected chi connectivity index (χ0v) is 8.23. The Morgan fingerprint density at radius 1 is 1.53 bits per heavy atom. The molecule has 8 heteroatoms. The van der Waals surface area contributed by atoms with Crippen LogP contribution in [-0.2, 0) is 0 Å². The van der Waals surface area contributed by atoms with Crippen molar-refractivity contribution in [1.29, 1.82) is 0 Å². The molecule has 2 rings (SSSR count). The van der Waals surface area contributed by atoms with Gasteiger partial charge in [0.15, 0.2) is 0 Å². The third-order valence-corrected chi connectivity index (χ3v) is 2.07. The van der Waals surface area contributed by atoms with Gasteiger partial charge in [-0.1, -0.05) is 9.59 Å². The van der Waals surface area contributed by atoms with Crippen LogP contribution in [0.25, 0.3) is 0 Å². The number of carbonyl (C=O) groups excluding carboxylic acids is 1. The maximum atomic E-state index is 11.6. The molecule has 1 amide bonds. The van der Waals surface area contributed by atoms with Gasteiger partial charge < -0.3 is 5.73 Å². The molecule has 2 heterocycles. The molecular formula is C7H6N6OS. The number of hydrogen-bond acceptors (Lipinski definition) is 7. The highest BCUT2D eigenvalue weighted by Gasteiger charge is 2.08. The van der Waals surface area contributed by atoms with E-state index in [0.29, 0.717) is 10.7 Å². The van der Waals surface area contributed by atoms with Crippen molar-refractivity contribution < 1.29 is 4.79 Å². The van der Waals surface area contributed by atoms with Crippen LogP contribution in [0.1, 0.15) is 10.4 Å². The lowest BCUT2D eigenvalue weighted by Gasteiger charge is -2.00. The summed E-state index contributed by atoms with van der Waals surface area (Å²) >= 11 is 0.999. The van der Waals surface area contributed by atoms with Gasteiger partial charge in [0.05, 0.1) is 0 Å². The normalized spacial score (nSPS) is 9.87. The van der Waals surface area contributed by atoms with E-state index in [9.17, 15) is 4.79 Å². The van der Waals surface area contributed by atoms with Crippen LogP contribution >= 0.6 is 11.5 Å². The highest BCUT2D eigenvalue weighted by atomic mass is 32.1. The highest BCUT2D eigenvalue weighted by Crippen LogP contribution is 2.09. The fraction of sp³-hybridized carbons (Fsp3) is 0. The second kappa shape index (κ2) is 3.96. The van der Waals surface area contributed by atoms with Crippen LogP contribution in [-0.4, -0.2) is 25.7 Å². The molecule has 0 unspecified atom stereocenters. The Morgan fingerprint density at radius 2 is 2.40 bits per heavy atom. The van der Waals surface area contributed by atoms with Crippen molar-refractivity contribution in [3.63, 3.8) is 0 Å². The van der Waals surface area contributed by atoms with Crippen LogP contribution < -0.4 is 11.1 Å². The second-order valence-electron chi connectivity index (χ2n) is 2.59. The lowest BCUT2D eigenvalue weighted by atomic mass is 10.2. The quantitative estimate of drug-likeness (QED) is 0.749. The first-order valence-electron chi connectivity index (χ1n) is 3.93. The van der Waals surface area contributed by atoms with Crippen molar-refractivity contribution in [1.82, 2.24) is 19.8 Å². The van der Waals surface area contributed by atoms with E-state index < -0.39 is 0 Å². The first kappa shape index (κ1) is 9.46. The summed E-state index contributed by atoms with van der Waals surface area (Å²) in [6.07, 6.45) is 1.46. The summed E-state index contributed by atoms with van der Waals surface area (Å²) in [4.78, 5) is 15.4. The van der Waals surface area contributed by atoms with E-state index in [4.69, 9.17) is 5.73 Å². The Kier molecular flexibility index (Phi) is 2.50. The number of pyridine rings is 1. The van der Waals surface area contributed by atoms with Gasteiger partial charge in [-0.2, -0.15) is 0 Å². The minimum Gasteiger partial charge on any atom is -0.384 e.